The van der Waals surface area contributed by atoms with Crippen LogP contribution >= 0.6 is 0 Å². The first-order valence-corrected chi connectivity index (χ1v) is 4.38. The maximum atomic E-state index is 11.1. The van der Waals surface area contributed by atoms with Crippen molar-refractivity contribution in [1.82, 2.24) is 5.32 Å². The summed E-state index contributed by atoms with van der Waals surface area (Å²) in [6.07, 6.45) is 2.19. The van der Waals surface area contributed by atoms with Crippen molar-refractivity contribution in [2.24, 2.45) is 5.92 Å². The molecule has 1 N–H and O–H groups in total. The average Bonchev–Trinajstić information content (AvgIpc) is 2.07. The molecule has 0 aliphatic heterocycles. The fraction of sp³-hybridized carbons (Fsp3) is 0.667. The van der Waals surface area contributed by atoms with Crippen LogP contribution in [0.3, 0.4) is 0 Å². The second-order valence-electron chi connectivity index (χ2n) is 3.38. The Morgan fingerprint density at radius 3 is 2.85 bits per heavy atom. The van der Waals surface area contributed by atoms with E-state index in [1.165, 1.54) is 6.92 Å². The highest BCUT2D eigenvalue weighted by Gasteiger charge is 2.28. The van der Waals surface area contributed by atoms with Gasteiger partial charge in [-0.3, -0.25) is 9.59 Å². The SMILES string of the molecule is CC(=O)N[C@@H]1CCC(=O)[C@@H](C=O)C1. The Bertz CT molecular complexity index is 237. The first kappa shape index (κ1) is 9.89. The molecule has 1 aliphatic carbocycles. The molecule has 0 radical (unpaired) electrons. The van der Waals surface area contributed by atoms with E-state index >= 15 is 0 Å². The number of carbonyl (C=O) groups excluding carboxylic acids is 3. The van der Waals surface area contributed by atoms with Crippen molar-refractivity contribution in [2.75, 3.05) is 0 Å². The summed E-state index contributed by atoms with van der Waals surface area (Å²) in [6, 6.07) is -0.00889. The lowest BCUT2D eigenvalue weighted by molar-refractivity contribution is -0.131. The zero-order chi connectivity index (χ0) is 9.84. The second-order valence-corrected chi connectivity index (χ2v) is 3.38. The molecule has 0 heterocycles. The quantitative estimate of drug-likeness (QED) is 0.486. The maximum absolute atomic E-state index is 11.1. The molecule has 1 fully saturated rings. The topological polar surface area (TPSA) is 63.2 Å². The van der Waals surface area contributed by atoms with Crippen molar-refractivity contribution >= 4 is 18.0 Å². The Labute approximate surface area is 76.7 Å². The monoisotopic (exact) mass is 183 g/mol. The number of ketones is 1. The van der Waals surface area contributed by atoms with E-state index in [1.807, 2.05) is 0 Å². The van der Waals surface area contributed by atoms with E-state index in [0.717, 1.165) is 0 Å². The van der Waals surface area contributed by atoms with E-state index in [4.69, 9.17) is 0 Å². The van der Waals surface area contributed by atoms with Gasteiger partial charge in [0.05, 0.1) is 5.92 Å². The lowest BCUT2D eigenvalue weighted by Gasteiger charge is -2.25. The Balaban J connectivity index is 2.49. The van der Waals surface area contributed by atoms with Crippen molar-refractivity contribution in [3.8, 4) is 0 Å². The van der Waals surface area contributed by atoms with Crippen molar-refractivity contribution in [1.29, 1.82) is 0 Å². The van der Waals surface area contributed by atoms with Gasteiger partial charge in [-0.15, -0.1) is 0 Å². The third-order valence-corrected chi connectivity index (χ3v) is 2.26. The van der Waals surface area contributed by atoms with Crippen LogP contribution in [0.15, 0.2) is 0 Å². The number of Topliss-reactive ketones (excluding diaryl/α,β-unsaturated/α-hetero) is 1. The fourth-order valence-electron chi connectivity index (χ4n) is 1.61. The van der Waals surface area contributed by atoms with Crippen LogP contribution in [-0.4, -0.2) is 24.0 Å². The lowest BCUT2D eigenvalue weighted by atomic mass is 9.85. The number of aldehydes is 1. The normalized spacial score (nSPS) is 28.2. The van der Waals surface area contributed by atoms with Gasteiger partial charge in [-0.2, -0.15) is 0 Å². The summed E-state index contributed by atoms with van der Waals surface area (Å²) in [6.45, 7) is 1.44. The van der Waals surface area contributed by atoms with Crippen LogP contribution in [0.4, 0.5) is 0 Å². The van der Waals surface area contributed by atoms with Gasteiger partial charge in [0, 0.05) is 19.4 Å². The highest BCUT2D eigenvalue weighted by molar-refractivity contribution is 5.94. The zero-order valence-electron chi connectivity index (χ0n) is 7.58. The summed E-state index contributed by atoms with van der Waals surface area (Å²) >= 11 is 0. The van der Waals surface area contributed by atoms with Crippen LogP contribution in [0.1, 0.15) is 26.2 Å². The van der Waals surface area contributed by atoms with Gasteiger partial charge in [-0.1, -0.05) is 0 Å². The molecule has 4 heteroatoms. The van der Waals surface area contributed by atoms with Crippen molar-refractivity contribution in [3.05, 3.63) is 0 Å². The number of hydrogen-bond acceptors (Lipinski definition) is 3. The predicted octanol–water partition coefficient (Wildman–Crippen LogP) is 0.0592. The predicted molar refractivity (Wildman–Crippen MR) is 46.0 cm³/mol. The smallest absolute Gasteiger partial charge is 0.217 e. The molecule has 0 bridgehead atoms. The third-order valence-electron chi connectivity index (χ3n) is 2.26. The van der Waals surface area contributed by atoms with E-state index in [9.17, 15) is 14.4 Å². The van der Waals surface area contributed by atoms with E-state index in [1.54, 1.807) is 0 Å². The summed E-state index contributed by atoms with van der Waals surface area (Å²) in [7, 11) is 0. The molecule has 1 amide bonds. The summed E-state index contributed by atoms with van der Waals surface area (Å²) in [5.74, 6) is -0.619. The molecular formula is C9H13NO3. The van der Waals surface area contributed by atoms with E-state index < -0.39 is 5.92 Å². The van der Waals surface area contributed by atoms with Gasteiger partial charge in [0.25, 0.3) is 0 Å². The van der Waals surface area contributed by atoms with E-state index in [-0.39, 0.29) is 17.7 Å². The molecule has 0 unspecified atom stereocenters. The van der Waals surface area contributed by atoms with Gasteiger partial charge in [-0.05, 0) is 12.8 Å². The van der Waals surface area contributed by atoms with Gasteiger partial charge in [0.15, 0.2) is 0 Å². The number of carbonyl (C=O) groups is 3. The van der Waals surface area contributed by atoms with E-state index in [0.29, 0.717) is 25.5 Å². The molecule has 2 atom stereocenters. The standard InChI is InChI=1S/C9H13NO3/c1-6(12)10-8-2-3-9(13)7(4-8)5-11/h5,7-8H,2-4H2,1H3,(H,10,12)/t7-,8-/m1/s1. The van der Waals surface area contributed by atoms with Crippen LogP contribution in [0.25, 0.3) is 0 Å². The summed E-state index contributed by atoms with van der Waals surface area (Å²) in [5.41, 5.74) is 0. The van der Waals surface area contributed by atoms with Crippen LogP contribution in [-0.2, 0) is 14.4 Å². The van der Waals surface area contributed by atoms with Gasteiger partial charge in [0.1, 0.15) is 12.1 Å². The Morgan fingerprint density at radius 1 is 1.62 bits per heavy atom. The van der Waals surface area contributed by atoms with Gasteiger partial charge in [-0.25, -0.2) is 0 Å². The molecule has 1 rings (SSSR count). The highest BCUT2D eigenvalue weighted by atomic mass is 16.2. The lowest BCUT2D eigenvalue weighted by Crippen LogP contribution is -2.40. The van der Waals surface area contributed by atoms with Crippen molar-refractivity contribution < 1.29 is 14.4 Å². The molecule has 13 heavy (non-hydrogen) atoms. The Kier molecular flexibility index (Phi) is 3.17. The van der Waals surface area contributed by atoms with Gasteiger partial charge < -0.3 is 10.1 Å². The molecule has 0 saturated heterocycles. The van der Waals surface area contributed by atoms with Gasteiger partial charge in [0.2, 0.25) is 5.91 Å². The Morgan fingerprint density at radius 2 is 2.31 bits per heavy atom. The summed E-state index contributed by atoms with van der Waals surface area (Å²) in [5, 5.41) is 2.72. The number of nitrogens with one attached hydrogen (secondary N) is 1. The molecule has 72 valence electrons. The fourth-order valence-corrected chi connectivity index (χ4v) is 1.61. The average molecular weight is 183 g/mol. The van der Waals surface area contributed by atoms with Crippen LogP contribution < -0.4 is 5.32 Å². The van der Waals surface area contributed by atoms with Crippen molar-refractivity contribution in [2.45, 2.75) is 32.2 Å². The first-order chi connectivity index (χ1) is 6.13. The summed E-state index contributed by atoms with van der Waals surface area (Å²) < 4.78 is 0. The molecule has 1 saturated carbocycles. The minimum Gasteiger partial charge on any atom is -0.354 e. The van der Waals surface area contributed by atoms with Crippen molar-refractivity contribution in [3.63, 3.8) is 0 Å². The second kappa shape index (κ2) is 4.16. The van der Waals surface area contributed by atoms with Crippen LogP contribution in [0.2, 0.25) is 0 Å². The highest BCUT2D eigenvalue weighted by Crippen LogP contribution is 2.19. The molecule has 4 nitrogen and oxygen atoms in total. The van der Waals surface area contributed by atoms with Gasteiger partial charge >= 0.3 is 0 Å². The van der Waals surface area contributed by atoms with Crippen LogP contribution in [0.5, 0.6) is 0 Å². The maximum Gasteiger partial charge on any atom is 0.217 e. The van der Waals surface area contributed by atoms with Crippen LogP contribution in [0, 0.1) is 5.92 Å². The third kappa shape index (κ3) is 2.65. The number of hydrogen-bond donors (Lipinski definition) is 1. The minimum atomic E-state index is -0.509. The zero-order valence-corrected chi connectivity index (χ0v) is 7.58. The molecule has 0 spiro atoms. The van der Waals surface area contributed by atoms with E-state index in [2.05, 4.69) is 5.32 Å². The molecule has 0 aromatic carbocycles. The Hall–Kier alpha value is -1.19. The number of amides is 1. The molecule has 0 aromatic rings. The summed E-state index contributed by atoms with van der Waals surface area (Å²) in [4.78, 5) is 32.3. The first-order valence-electron chi connectivity index (χ1n) is 4.38. The largest absolute Gasteiger partial charge is 0.354 e. The molecule has 1 aliphatic rings. The molecular weight excluding hydrogens is 170 g/mol. The minimum absolute atomic E-state index is 0.00315. The molecule has 0 aromatic heterocycles. The number of rotatable bonds is 2.